The zero-order valence-corrected chi connectivity index (χ0v) is 16.1. The first-order valence-electron chi connectivity index (χ1n) is 8.96. The van der Waals surface area contributed by atoms with Gasteiger partial charge in [-0.15, -0.1) is 11.3 Å². The summed E-state index contributed by atoms with van der Waals surface area (Å²) in [5.74, 6) is 0.323. The molecule has 0 bridgehead atoms. The Labute approximate surface area is 159 Å². The van der Waals surface area contributed by atoms with Gasteiger partial charge in [0.05, 0.1) is 4.88 Å². The molecule has 0 spiro atoms. The lowest BCUT2D eigenvalue weighted by molar-refractivity contribution is -0.121. The largest absolute Gasteiger partial charge is 0.380 e. The van der Waals surface area contributed by atoms with Crippen molar-refractivity contribution in [3.05, 3.63) is 52.7 Å². The molecule has 0 aliphatic carbocycles. The van der Waals surface area contributed by atoms with Crippen LogP contribution < -0.4 is 16.0 Å². The van der Waals surface area contributed by atoms with E-state index in [1.54, 1.807) is 6.07 Å². The molecule has 0 aliphatic rings. The third-order valence-corrected chi connectivity index (χ3v) is 4.93. The van der Waals surface area contributed by atoms with Crippen LogP contribution in [0.3, 0.4) is 0 Å². The number of nitrogens with one attached hydrogen (secondary N) is 3. The Kier molecular flexibility index (Phi) is 8.15. The fourth-order valence-corrected chi connectivity index (χ4v) is 3.10. The molecule has 2 aromatic rings. The van der Waals surface area contributed by atoms with Gasteiger partial charge in [-0.3, -0.25) is 9.59 Å². The van der Waals surface area contributed by atoms with E-state index in [1.807, 2.05) is 41.8 Å². The van der Waals surface area contributed by atoms with E-state index in [9.17, 15) is 9.59 Å². The monoisotopic (exact) mass is 373 g/mol. The molecule has 1 heterocycles. The minimum atomic E-state index is -0.0765. The summed E-state index contributed by atoms with van der Waals surface area (Å²) in [6.07, 6.45) is 1.03. The van der Waals surface area contributed by atoms with E-state index in [4.69, 9.17) is 0 Å². The van der Waals surface area contributed by atoms with Crippen molar-refractivity contribution in [2.24, 2.45) is 5.92 Å². The number of amides is 2. The second-order valence-electron chi connectivity index (χ2n) is 6.50. The number of para-hydroxylation sites is 1. The van der Waals surface area contributed by atoms with E-state index in [0.29, 0.717) is 36.7 Å². The molecular formula is C20H27N3O2S. The highest BCUT2D eigenvalue weighted by Gasteiger charge is 2.14. The van der Waals surface area contributed by atoms with Gasteiger partial charge in [0.15, 0.2) is 0 Å². The number of carbonyl (C=O) groups excluding carboxylic acids is 2. The van der Waals surface area contributed by atoms with Crippen LogP contribution in [0, 0.1) is 5.92 Å². The maximum atomic E-state index is 12.0. The Morgan fingerprint density at radius 1 is 1.04 bits per heavy atom. The SMILES string of the molecule is CC(C)C(CNC(=O)CCCNC(=O)c1cccs1)Nc1ccccc1. The quantitative estimate of drug-likeness (QED) is 0.558. The molecule has 2 rings (SSSR count). The van der Waals surface area contributed by atoms with Crippen LogP contribution >= 0.6 is 11.3 Å². The Hall–Kier alpha value is -2.34. The first-order valence-corrected chi connectivity index (χ1v) is 9.84. The highest BCUT2D eigenvalue weighted by Crippen LogP contribution is 2.12. The standard InChI is InChI=1S/C20H27N3O2S/c1-15(2)17(23-16-8-4-3-5-9-16)14-22-19(24)11-6-12-21-20(25)18-10-7-13-26-18/h3-5,7-10,13,15,17,23H,6,11-12,14H2,1-2H3,(H,21,25)(H,22,24). The molecule has 0 aliphatic heterocycles. The number of hydrogen-bond donors (Lipinski definition) is 3. The van der Waals surface area contributed by atoms with Gasteiger partial charge in [-0.1, -0.05) is 38.1 Å². The van der Waals surface area contributed by atoms with Gasteiger partial charge >= 0.3 is 0 Å². The molecule has 2 amide bonds. The Morgan fingerprint density at radius 2 is 1.81 bits per heavy atom. The highest BCUT2D eigenvalue weighted by molar-refractivity contribution is 7.12. The van der Waals surface area contributed by atoms with Gasteiger partial charge < -0.3 is 16.0 Å². The van der Waals surface area contributed by atoms with Crippen LogP contribution in [0.5, 0.6) is 0 Å². The number of thiophene rings is 1. The number of anilines is 1. The summed E-state index contributed by atoms with van der Waals surface area (Å²) in [5.41, 5.74) is 1.05. The molecule has 1 aromatic carbocycles. The molecule has 0 saturated heterocycles. The highest BCUT2D eigenvalue weighted by atomic mass is 32.1. The maximum Gasteiger partial charge on any atom is 0.261 e. The van der Waals surface area contributed by atoms with Gasteiger partial charge in [0.25, 0.3) is 5.91 Å². The van der Waals surface area contributed by atoms with Crippen LogP contribution in [0.1, 0.15) is 36.4 Å². The second-order valence-corrected chi connectivity index (χ2v) is 7.45. The van der Waals surface area contributed by atoms with Crippen molar-refractivity contribution >= 4 is 28.8 Å². The smallest absolute Gasteiger partial charge is 0.261 e. The van der Waals surface area contributed by atoms with E-state index in [-0.39, 0.29) is 17.9 Å². The van der Waals surface area contributed by atoms with Crippen LogP contribution in [0.15, 0.2) is 47.8 Å². The Balaban J connectivity index is 1.65. The molecule has 0 radical (unpaired) electrons. The Bertz CT molecular complexity index is 672. The number of rotatable bonds is 10. The second kappa shape index (κ2) is 10.6. The van der Waals surface area contributed by atoms with Crippen LogP contribution in [0.2, 0.25) is 0 Å². The minimum Gasteiger partial charge on any atom is -0.380 e. The molecule has 3 N–H and O–H groups in total. The molecule has 26 heavy (non-hydrogen) atoms. The minimum absolute atomic E-state index is 0.0101. The average molecular weight is 374 g/mol. The molecule has 0 saturated carbocycles. The first-order chi connectivity index (χ1) is 12.6. The molecule has 1 unspecified atom stereocenters. The normalized spacial score (nSPS) is 11.8. The van der Waals surface area contributed by atoms with Crippen molar-refractivity contribution < 1.29 is 9.59 Å². The zero-order valence-electron chi connectivity index (χ0n) is 15.3. The summed E-state index contributed by atoms with van der Waals surface area (Å²) in [5, 5.41) is 11.2. The topological polar surface area (TPSA) is 70.2 Å². The molecule has 1 atom stereocenters. The summed E-state index contributed by atoms with van der Waals surface area (Å²) in [6.45, 7) is 5.34. The summed E-state index contributed by atoms with van der Waals surface area (Å²) in [4.78, 5) is 24.5. The number of carbonyl (C=O) groups is 2. The molecule has 140 valence electrons. The average Bonchev–Trinajstić information content (AvgIpc) is 3.17. The lowest BCUT2D eigenvalue weighted by Gasteiger charge is -2.24. The molecule has 1 aromatic heterocycles. The maximum absolute atomic E-state index is 12.0. The summed E-state index contributed by atoms with van der Waals surface area (Å²) in [7, 11) is 0. The molecule has 0 fully saturated rings. The van der Waals surface area contributed by atoms with Crippen molar-refractivity contribution in [1.29, 1.82) is 0 Å². The lowest BCUT2D eigenvalue weighted by Crippen LogP contribution is -2.39. The lowest BCUT2D eigenvalue weighted by atomic mass is 10.0. The summed E-state index contributed by atoms with van der Waals surface area (Å²) in [6, 6.07) is 13.8. The van der Waals surface area contributed by atoms with Crippen LogP contribution in [-0.2, 0) is 4.79 Å². The van der Waals surface area contributed by atoms with E-state index < -0.39 is 0 Å². The van der Waals surface area contributed by atoms with Gasteiger partial charge in [0, 0.05) is 31.2 Å². The fourth-order valence-electron chi connectivity index (χ4n) is 2.46. The van der Waals surface area contributed by atoms with Crippen molar-refractivity contribution in [2.75, 3.05) is 18.4 Å². The third-order valence-electron chi connectivity index (χ3n) is 4.06. The van der Waals surface area contributed by atoms with Crippen molar-refractivity contribution in [3.63, 3.8) is 0 Å². The molecule has 6 heteroatoms. The van der Waals surface area contributed by atoms with Crippen LogP contribution in [0.4, 0.5) is 5.69 Å². The van der Waals surface area contributed by atoms with Gasteiger partial charge in [-0.05, 0) is 35.9 Å². The van der Waals surface area contributed by atoms with E-state index in [1.165, 1.54) is 11.3 Å². The van der Waals surface area contributed by atoms with Crippen LogP contribution in [-0.4, -0.2) is 30.9 Å². The van der Waals surface area contributed by atoms with Gasteiger partial charge in [-0.2, -0.15) is 0 Å². The predicted molar refractivity (Wildman–Crippen MR) is 108 cm³/mol. The van der Waals surface area contributed by atoms with E-state index in [2.05, 4.69) is 29.8 Å². The zero-order chi connectivity index (χ0) is 18.8. The van der Waals surface area contributed by atoms with Crippen molar-refractivity contribution in [2.45, 2.75) is 32.7 Å². The van der Waals surface area contributed by atoms with Crippen molar-refractivity contribution in [3.8, 4) is 0 Å². The number of hydrogen-bond acceptors (Lipinski definition) is 4. The first kappa shape index (κ1) is 20.0. The van der Waals surface area contributed by atoms with Gasteiger partial charge in [-0.25, -0.2) is 0 Å². The summed E-state index contributed by atoms with van der Waals surface area (Å²) >= 11 is 1.41. The predicted octanol–water partition coefficient (Wildman–Crippen LogP) is 3.51. The summed E-state index contributed by atoms with van der Waals surface area (Å²) < 4.78 is 0. The molecular weight excluding hydrogens is 346 g/mol. The molecule has 5 nitrogen and oxygen atoms in total. The van der Waals surface area contributed by atoms with Gasteiger partial charge in [0.1, 0.15) is 0 Å². The third kappa shape index (κ3) is 6.88. The van der Waals surface area contributed by atoms with Crippen LogP contribution in [0.25, 0.3) is 0 Å². The Morgan fingerprint density at radius 3 is 2.46 bits per heavy atom. The van der Waals surface area contributed by atoms with Crippen molar-refractivity contribution in [1.82, 2.24) is 10.6 Å². The van der Waals surface area contributed by atoms with E-state index >= 15 is 0 Å². The number of benzene rings is 1. The van der Waals surface area contributed by atoms with Gasteiger partial charge in [0.2, 0.25) is 5.91 Å². The fraction of sp³-hybridized carbons (Fsp3) is 0.400. The van der Waals surface area contributed by atoms with E-state index in [0.717, 1.165) is 5.69 Å².